The van der Waals surface area contributed by atoms with E-state index >= 15 is 0 Å². The Morgan fingerprint density at radius 2 is 1.93 bits per heavy atom. The zero-order chi connectivity index (χ0) is 9.52. The van der Waals surface area contributed by atoms with Crippen LogP contribution >= 0.6 is 0 Å². The second-order valence-electron chi connectivity index (χ2n) is 2.80. The minimum Gasteiger partial charge on any atom is -1.00 e. The van der Waals surface area contributed by atoms with E-state index in [0.717, 1.165) is 25.2 Å². The molecule has 0 aliphatic carbocycles. The van der Waals surface area contributed by atoms with Crippen LogP contribution in [0.2, 0.25) is 0 Å². The quantitative estimate of drug-likeness (QED) is 0.534. The maximum atomic E-state index is 8.43. The third-order valence-corrected chi connectivity index (χ3v) is 1.72. The van der Waals surface area contributed by atoms with Crippen molar-refractivity contribution in [3.63, 3.8) is 0 Å². The van der Waals surface area contributed by atoms with E-state index in [1.165, 1.54) is 0 Å². The van der Waals surface area contributed by atoms with Gasteiger partial charge in [-0.25, -0.2) is 0 Å². The zero-order valence-electron chi connectivity index (χ0n) is 8.11. The first-order chi connectivity index (χ1) is 6.36. The van der Waals surface area contributed by atoms with Gasteiger partial charge in [0.25, 0.3) is 0 Å². The lowest BCUT2D eigenvalue weighted by atomic mass is 10.3. The van der Waals surface area contributed by atoms with Crippen LogP contribution in [-0.4, -0.2) is 6.61 Å². The van der Waals surface area contributed by atoms with Crippen molar-refractivity contribution in [2.45, 2.75) is 19.8 Å². The summed E-state index contributed by atoms with van der Waals surface area (Å²) in [5.41, 5.74) is 0.544. The van der Waals surface area contributed by atoms with Crippen molar-refractivity contribution in [2.24, 2.45) is 0 Å². The molecular weight excluding hydrogens is 200 g/mol. The van der Waals surface area contributed by atoms with Crippen LogP contribution in [0, 0.1) is 5.39 Å². The summed E-state index contributed by atoms with van der Waals surface area (Å²) in [6.07, 6.45) is 2.19. The van der Waals surface area contributed by atoms with Crippen molar-refractivity contribution in [3.8, 4) is 5.75 Å². The Morgan fingerprint density at radius 3 is 2.43 bits per heavy atom. The van der Waals surface area contributed by atoms with Gasteiger partial charge in [-0.1, -0.05) is 13.3 Å². The molecule has 0 saturated carbocycles. The predicted octanol–water partition coefficient (Wildman–Crippen LogP) is 0.354. The number of nitrogens with zero attached hydrogens (tertiary/aromatic N) is 2. The lowest BCUT2D eigenvalue weighted by Gasteiger charge is -2.02. The highest BCUT2D eigenvalue weighted by Gasteiger charge is 2.02. The van der Waals surface area contributed by atoms with Gasteiger partial charge in [-0.3, -0.25) is 0 Å². The van der Waals surface area contributed by atoms with E-state index in [2.05, 4.69) is 11.9 Å². The molecule has 14 heavy (non-hydrogen) atoms. The maximum absolute atomic E-state index is 8.43. The fourth-order valence-electron chi connectivity index (χ4n) is 0.943. The fourth-order valence-corrected chi connectivity index (χ4v) is 0.943. The van der Waals surface area contributed by atoms with Crippen LogP contribution in [0.25, 0.3) is 4.98 Å². The Kier molecular flexibility index (Phi) is 6.51. The Hall–Kier alpha value is -1.27. The molecule has 0 atom stereocenters. The molecule has 0 unspecified atom stereocenters. The molecule has 3 nitrogen and oxygen atoms in total. The van der Waals surface area contributed by atoms with E-state index in [9.17, 15) is 0 Å². The maximum Gasteiger partial charge on any atom is 0.385 e. The molecule has 0 aromatic heterocycles. The Morgan fingerprint density at radius 1 is 1.29 bits per heavy atom. The summed E-state index contributed by atoms with van der Waals surface area (Å²) in [5.74, 6) is 0.820. The number of benzene rings is 1. The topological polar surface area (TPSA) is 37.4 Å². The largest absolute Gasteiger partial charge is 1.00 e. The van der Waals surface area contributed by atoms with Crippen LogP contribution in [0.3, 0.4) is 0 Å². The molecule has 0 aliphatic heterocycles. The van der Waals surface area contributed by atoms with Crippen LogP contribution in [0.4, 0.5) is 5.69 Å². The molecular formula is C10H13ClN2O. The molecule has 1 aromatic carbocycles. The lowest BCUT2D eigenvalue weighted by molar-refractivity contribution is -0.00000348. The number of rotatable bonds is 4. The van der Waals surface area contributed by atoms with Gasteiger partial charge in [-0.2, -0.15) is 0 Å². The van der Waals surface area contributed by atoms with E-state index in [1.807, 2.05) is 0 Å². The minimum absolute atomic E-state index is 0. The van der Waals surface area contributed by atoms with Gasteiger partial charge >= 0.3 is 5.69 Å². The highest BCUT2D eigenvalue weighted by Crippen LogP contribution is 2.17. The molecule has 0 N–H and O–H groups in total. The number of unbranched alkanes of at least 4 members (excludes halogenated alkanes) is 1. The summed E-state index contributed by atoms with van der Waals surface area (Å²) in [5, 5.41) is 8.43. The summed E-state index contributed by atoms with van der Waals surface area (Å²) >= 11 is 0. The molecule has 0 saturated heterocycles. The van der Waals surface area contributed by atoms with E-state index in [1.54, 1.807) is 24.3 Å². The molecule has 0 heterocycles. The molecule has 0 spiro atoms. The summed E-state index contributed by atoms with van der Waals surface area (Å²) in [7, 11) is 0. The van der Waals surface area contributed by atoms with Gasteiger partial charge in [0.15, 0.2) is 4.98 Å². The molecule has 4 heteroatoms. The predicted molar refractivity (Wildman–Crippen MR) is 51.6 cm³/mol. The van der Waals surface area contributed by atoms with Gasteiger partial charge in [-0.15, -0.1) is 0 Å². The van der Waals surface area contributed by atoms with Crippen LogP contribution in [-0.2, 0) is 0 Å². The number of hydrogen-bond donors (Lipinski definition) is 0. The van der Waals surface area contributed by atoms with Crippen molar-refractivity contribution < 1.29 is 17.1 Å². The normalized spacial score (nSPS) is 8.57. The fraction of sp³-hybridized carbons (Fsp3) is 0.400. The summed E-state index contributed by atoms with van der Waals surface area (Å²) in [6, 6.07) is 7.01. The average molecular weight is 213 g/mol. The molecule has 1 rings (SSSR count). The van der Waals surface area contributed by atoms with Gasteiger partial charge in [0.2, 0.25) is 5.39 Å². The van der Waals surface area contributed by atoms with Crippen molar-refractivity contribution in [1.29, 1.82) is 5.39 Å². The molecule has 0 aliphatic rings. The highest BCUT2D eigenvalue weighted by molar-refractivity contribution is 5.46. The lowest BCUT2D eigenvalue weighted by Crippen LogP contribution is -3.00. The Labute approximate surface area is 90.1 Å². The van der Waals surface area contributed by atoms with Crippen molar-refractivity contribution in [1.82, 2.24) is 0 Å². The second-order valence-corrected chi connectivity index (χ2v) is 2.80. The summed E-state index contributed by atoms with van der Waals surface area (Å²) in [6.45, 7) is 2.86. The second kappa shape index (κ2) is 7.16. The van der Waals surface area contributed by atoms with Crippen LogP contribution in [0.1, 0.15) is 19.8 Å². The smallest absolute Gasteiger partial charge is 0.385 e. The van der Waals surface area contributed by atoms with E-state index in [-0.39, 0.29) is 12.4 Å². The monoisotopic (exact) mass is 212 g/mol. The van der Waals surface area contributed by atoms with Crippen molar-refractivity contribution >= 4 is 5.69 Å². The zero-order valence-corrected chi connectivity index (χ0v) is 8.87. The van der Waals surface area contributed by atoms with Gasteiger partial charge in [0.05, 0.1) is 6.61 Å². The standard InChI is InChI=1S/C10H13N2O.ClH/c1-2-3-8-13-10-6-4-9(12-11)5-7-10;/h4-7H,2-3,8H2,1H3;1H/q+1;/p-1. The van der Waals surface area contributed by atoms with E-state index < -0.39 is 0 Å². The molecule has 76 valence electrons. The van der Waals surface area contributed by atoms with Crippen molar-refractivity contribution in [2.75, 3.05) is 6.61 Å². The first-order valence-electron chi connectivity index (χ1n) is 4.44. The van der Waals surface area contributed by atoms with Crippen molar-refractivity contribution in [3.05, 3.63) is 29.2 Å². The molecule has 0 radical (unpaired) electrons. The SMILES string of the molecule is CCCCOc1ccc([N+]#N)cc1.[Cl-]. The number of diazo groups is 1. The average Bonchev–Trinajstić information content (AvgIpc) is 2.19. The minimum atomic E-state index is 0. The third kappa shape index (κ3) is 4.11. The van der Waals surface area contributed by atoms with Crippen LogP contribution in [0.15, 0.2) is 24.3 Å². The number of halogens is 1. The molecule has 1 aromatic rings. The van der Waals surface area contributed by atoms with Gasteiger partial charge in [0, 0.05) is 12.1 Å². The summed E-state index contributed by atoms with van der Waals surface area (Å²) < 4.78 is 5.42. The van der Waals surface area contributed by atoms with Crippen LogP contribution < -0.4 is 17.1 Å². The van der Waals surface area contributed by atoms with E-state index in [4.69, 9.17) is 10.1 Å². The first-order valence-corrected chi connectivity index (χ1v) is 4.44. The first kappa shape index (κ1) is 12.7. The number of hydrogen-bond acceptors (Lipinski definition) is 2. The summed E-state index contributed by atoms with van der Waals surface area (Å²) in [4.78, 5) is 3.05. The molecule has 0 bridgehead atoms. The third-order valence-electron chi connectivity index (χ3n) is 1.72. The molecule has 0 fully saturated rings. The van der Waals surface area contributed by atoms with E-state index in [0.29, 0.717) is 5.69 Å². The number of ether oxygens (including phenoxy) is 1. The molecule has 0 amide bonds. The van der Waals surface area contributed by atoms with Crippen LogP contribution in [0.5, 0.6) is 5.75 Å². The van der Waals surface area contributed by atoms with Gasteiger partial charge in [0.1, 0.15) is 5.75 Å². The van der Waals surface area contributed by atoms with Gasteiger partial charge in [-0.05, 0) is 18.6 Å². The highest BCUT2D eigenvalue weighted by atomic mass is 35.5. The Bertz CT molecular complexity index is 292. The Balaban J connectivity index is 0.00000169. The van der Waals surface area contributed by atoms with Gasteiger partial charge < -0.3 is 17.1 Å².